The third kappa shape index (κ3) is 5.31. The lowest BCUT2D eigenvalue weighted by atomic mass is 10.1. The first-order valence-corrected chi connectivity index (χ1v) is 9.32. The van der Waals surface area contributed by atoms with Crippen LogP contribution in [-0.4, -0.2) is 29.3 Å². The number of hydrogen-bond donors (Lipinski definition) is 0. The molecule has 0 fully saturated rings. The summed E-state index contributed by atoms with van der Waals surface area (Å²) in [6, 6.07) is 7.05. The smallest absolute Gasteiger partial charge is 0.305 e. The van der Waals surface area contributed by atoms with Gasteiger partial charge in [-0.05, 0) is 55.3 Å². The summed E-state index contributed by atoms with van der Waals surface area (Å²) < 4.78 is 49.5. The van der Waals surface area contributed by atoms with Crippen molar-refractivity contribution in [1.29, 1.82) is 0 Å². The van der Waals surface area contributed by atoms with Gasteiger partial charge in [0.1, 0.15) is 5.76 Å². The maximum Gasteiger partial charge on any atom is 0.305 e. The number of esters is 1. The molecule has 0 saturated carbocycles. The van der Waals surface area contributed by atoms with Crippen LogP contribution in [0.25, 0.3) is 11.1 Å². The van der Waals surface area contributed by atoms with Crippen LogP contribution >= 0.6 is 0 Å². The van der Waals surface area contributed by atoms with E-state index in [0.29, 0.717) is 11.3 Å². The predicted octanol–water partition coefficient (Wildman–Crippen LogP) is 4.84. The summed E-state index contributed by atoms with van der Waals surface area (Å²) >= 11 is 0. The van der Waals surface area contributed by atoms with Crippen molar-refractivity contribution in [2.24, 2.45) is 0 Å². The lowest BCUT2D eigenvalue weighted by Crippen LogP contribution is -2.08. The number of halogens is 2. The number of aryl methyl sites for hydroxylation is 1. The van der Waals surface area contributed by atoms with E-state index in [9.17, 15) is 13.6 Å². The Kier molecular flexibility index (Phi) is 6.95. The number of benzene rings is 1. The molecule has 7 nitrogen and oxygen atoms in total. The maximum absolute atomic E-state index is 14.5. The normalized spacial score (nSPS) is 10.7. The number of carbonyl (C=O) groups excluding carboxylic acids is 1. The lowest BCUT2D eigenvalue weighted by molar-refractivity contribution is -0.143. The largest absolute Gasteiger partial charge is 0.488 e. The molecule has 0 aliphatic rings. The molecule has 2 aromatic heterocycles. The standard InChI is InChI=1S/C21H20F2N2O5/c1-3-27-19(26)7-5-9-28-20-16(22)11-14(12-17(20)23)15-6-4-8-24-21(15)29-18-10-13(2)30-25-18/h4,6,8,10-12H,3,5,7,9H2,1-2H3. The minimum absolute atomic E-state index is 0.0290. The van der Waals surface area contributed by atoms with Crippen molar-refractivity contribution in [3.05, 3.63) is 53.9 Å². The zero-order valence-corrected chi connectivity index (χ0v) is 16.5. The zero-order chi connectivity index (χ0) is 21.5. The second-order valence-electron chi connectivity index (χ2n) is 6.26. The van der Waals surface area contributed by atoms with E-state index in [2.05, 4.69) is 10.1 Å². The molecule has 3 aromatic rings. The number of nitrogens with zero attached hydrogens (tertiary/aromatic N) is 2. The lowest BCUT2D eigenvalue weighted by Gasteiger charge is -2.12. The average molecular weight is 418 g/mol. The van der Waals surface area contributed by atoms with Crippen molar-refractivity contribution in [2.75, 3.05) is 13.2 Å². The molecular weight excluding hydrogens is 398 g/mol. The summed E-state index contributed by atoms with van der Waals surface area (Å²) in [5, 5.41) is 3.72. The van der Waals surface area contributed by atoms with E-state index in [4.69, 9.17) is 18.7 Å². The molecule has 0 saturated heterocycles. The van der Waals surface area contributed by atoms with Gasteiger partial charge in [0.2, 0.25) is 5.88 Å². The maximum atomic E-state index is 14.5. The van der Waals surface area contributed by atoms with Crippen LogP contribution in [-0.2, 0) is 9.53 Å². The number of rotatable bonds is 9. The monoisotopic (exact) mass is 418 g/mol. The van der Waals surface area contributed by atoms with Crippen LogP contribution in [0, 0.1) is 18.6 Å². The van der Waals surface area contributed by atoms with Crippen molar-refractivity contribution in [3.8, 4) is 28.6 Å². The quantitative estimate of drug-likeness (QED) is 0.363. The number of hydrogen-bond acceptors (Lipinski definition) is 7. The molecule has 3 rings (SSSR count). The van der Waals surface area contributed by atoms with Gasteiger partial charge in [-0.1, -0.05) is 0 Å². The Labute approximate surface area is 171 Å². The first kappa shape index (κ1) is 21.2. The third-order valence-corrected chi connectivity index (χ3v) is 3.96. The van der Waals surface area contributed by atoms with Gasteiger partial charge in [0.15, 0.2) is 17.4 Å². The molecule has 30 heavy (non-hydrogen) atoms. The highest BCUT2D eigenvalue weighted by atomic mass is 19.1. The number of carbonyl (C=O) groups is 1. The van der Waals surface area contributed by atoms with Crippen LogP contribution in [0.4, 0.5) is 8.78 Å². The van der Waals surface area contributed by atoms with Crippen LogP contribution in [0.15, 0.2) is 41.1 Å². The summed E-state index contributed by atoms with van der Waals surface area (Å²) in [5.74, 6) is -1.82. The molecule has 0 atom stereocenters. The van der Waals surface area contributed by atoms with Gasteiger partial charge < -0.3 is 18.7 Å². The van der Waals surface area contributed by atoms with Crippen molar-refractivity contribution in [2.45, 2.75) is 26.7 Å². The summed E-state index contributed by atoms with van der Waals surface area (Å²) in [6.07, 6.45) is 1.86. The molecule has 0 bridgehead atoms. The zero-order valence-electron chi connectivity index (χ0n) is 16.5. The Bertz CT molecular complexity index is 999. The summed E-state index contributed by atoms with van der Waals surface area (Å²) in [7, 11) is 0. The molecule has 0 unspecified atom stereocenters. The number of aromatic nitrogens is 2. The Balaban J connectivity index is 1.74. The van der Waals surface area contributed by atoms with Gasteiger partial charge in [-0.2, -0.15) is 0 Å². The fraction of sp³-hybridized carbons (Fsp3) is 0.286. The molecule has 0 N–H and O–H groups in total. The van der Waals surface area contributed by atoms with E-state index in [1.54, 1.807) is 32.0 Å². The van der Waals surface area contributed by atoms with Gasteiger partial charge in [-0.15, -0.1) is 0 Å². The van der Waals surface area contributed by atoms with E-state index < -0.39 is 17.4 Å². The summed E-state index contributed by atoms with van der Waals surface area (Å²) in [5.41, 5.74) is 0.581. The minimum Gasteiger partial charge on any atom is -0.488 e. The predicted molar refractivity (Wildman–Crippen MR) is 102 cm³/mol. The molecule has 0 spiro atoms. The van der Waals surface area contributed by atoms with Gasteiger partial charge >= 0.3 is 5.97 Å². The fourth-order valence-electron chi connectivity index (χ4n) is 2.66. The van der Waals surface area contributed by atoms with Gasteiger partial charge in [-0.25, -0.2) is 13.8 Å². The molecule has 9 heteroatoms. The van der Waals surface area contributed by atoms with Crippen LogP contribution in [0.3, 0.4) is 0 Å². The Hall–Kier alpha value is -3.49. The first-order valence-electron chi connectivity index (χ1n) is 9.32. The fourth-order valence-corrected chi connectivity index (χ4v) is 2.66. The van der Waals surface area contributed by atoms with E-state index in [-0.39, 0.29) is 49.3 Å². The van der Waals surface area contributed by atoms with Crippen LogP contribution < -0.4 is 9.47 Å². The molecule has 1 aromatic carbocycles. The van der Waals surface area contributed by atoms with Crippen molar-refractivity contribution >= 4 is 5.97 Å². The van der Waals surface area contributed by atoms with Crippen LogP contribution in [0.2, 0.25) is 0 Å². The summed E-state index contributed by atoms with van der Waals surface area (Å²) in [6.45, 7) is 3.65. The Morgan fingerprint density at radius 1 is 1.20 bits per heavy atom. The Morgan fingerprint density at radius 2 is 1.97 bits per heavy atom. The average Bonchev–Trinajstić information content (AvgIpc) is 3.12. The minimum atomic E-state index is -0.881. The highest BCUT2D eigenvalue weighted by Crippen LogP contribution is 2.34. The van der Waals surface area contributed by atoms with Crippen LogP contribution in [0.5, 0.6) is 17.5 Å². The molecule has 2 heterocycles. The Morgan fingerprint density at radius 3 is 2.63 bits per heavy atom. The van der Waals surface area contributed by atoms with E-state index in [1.165, 1.54) is 6.20 Å². The van der Waals surface area contributed by atoms with E-state index in [1.807, 2.05) is 0 Å². The molecule has 0 aliphatic heterocycles. The molecule has 0 aliphatic carbocycles. The van der Waals surface area contributed by atoms with Gasteiger partial charge in [-0.3, -0.25) is 4.79 Å². The highest BCUT2D eigenvalue weighted by molar-refractivity contribution is 5.70. The molecular formula is C21H20F2N2O5. The second-order valence-corrected chi connectivity index (χ2v) is 6.26. The van der Waals surface area contributed by atoms with Gasteiger partial charge in [0.05, 0.1) is 13.2 Å². The topological polar surface area (TPSA) is 83.7 Å². The van der Waals surface area contributed by atoms with Crippen molar-refractivity contribution < 1.29 is 32.3 Å². The molecule has 0 amide bonds. The second kappa shape index (κ2) is 9.82. The van der Waals surface area contributed by atoms with E-state index in [0.717, 1.165) is 12.1 Å². The number of pyridine rings is 1. The summed E-state index contributed by atoms with van der Waals surface area (Å²) in [4.78, 5) is 15.4. The van der Waals surface area contributed by atoms with Crippen LogP contribution in [0.1, 0.15) is 25.5 Å². The first-order chi connectivity index (χ1) is 14.5. The third-order valence-electron chi connectivity index (χ3n) is 3.96. The van der Waals surface area contributed by atoms with Crippen molar-refractivity contribution in [1.82, 2.24) is 10.1 Å². The SMILES string of the molecule is CCOC(=O)CCCOc1c(F)cc(-c2cccnc2Oc2cc(C)on2)cc1F. The van der Waals surface area contributed by atoms with Gasteiger partial charge in [0.25, 0.3) is 5.88 Å². The van der Waals surface area contributed by atoms with E-state index >= 15 is 0 Å². The molecule has 0 radical (unpaired) electrons. The van der Waals surface area contributed by atoms with Crippen molar-refractivity contribution in [3.63, 3.8) is 0 Å². The van der Waals surface area contributed by atoms with Gasteiger partial charge in [0, 0.05) is 24.2 Å². The molecule has 158 valence electrons. The highest BCUT2D eigenvalue weighted by Gasteiger charge is 2.17. The number of ether oxygens (including phenoxy) is 3.